The Kier molecular flexibility index (Phi) is 8.39. The number of halogens is 1. The highest BCUT2D eigenvalue weighted by Crippen LogP contribution is 2.37. The Morgan fingerprint density at radius 1 is 1.05 bits per heavy atom. The van der Waals surface area contributed by atoms with Crippen molar-refractivity contribution in [1.82, 2.24) is 4.90 Å². The number of hydrogen-bond donors (Lipinski definition) is 0. The van der Waals surface area contributed by atoms with Crippen molar-refractivity contribution < 1.29 is 27.9 Å². The van der Waals surface area contributed by atoms with E-state index in [4.69, 9.17) is 13.9 Å². The molecule has 1 heterocycles. The minimum Gasteiger partial charge on any atom is -0.492 e. The quantitative estimate of drug-likeness (QED) is 0.357. The number of fused-ring (bicyclic) bond motifs is 1. The molecule has 3 rings (SSSR count). The molecule has 1 aliphatic rings. The molecule has 0 saturated heterocycles. The van der Waals surface area contributed by atoms with Crippen LogP contribution in [0.1, 0.15) is 52.7 Å². The van der Waals surface area contributed by atoms with Crippen molar-refractivity contribution in [2.75, 3.05) is 18.1 Å². The van der Waals surface area contributed by atoms with Gasteiger partial charge in [0, 0.05) is 6.54 Å². The molecule has 0 N–H and O–H groups in total. The molecule has 7 nitrogen and oxygen atoms in total. The monoisotopic (exact) mass is 530 g/mol. The van der Waals surface area contributed by atoms with Crippen molar-refractivity contribution in [2.24, 2.45) is 0 Å². The molecule has 2 aromatic rings. The molecule has 37 heavy (non-hydrogen) atoms. The average Bonchev–Trinajstić information content (AvgIpc) is 2.76. The van der Waals surface area contributed by atoms with E-state index in [2.05, 4.69) is 33.9 Å². The molecule has 0 unspecified atom stereocenters. The van der Waals surface area contributed by atoms with Crippen LogP contribution in [-0.4, -0.2) is 44.1 Å². The highest BCUT2D eigenvalue weighted by molar-refractivity contribution is 6.74. The number of nitrogens with zero attached hydrogens (tertiary/aromatic N) is 2. The lowest BCUT2D eigenvalue weighted by Gasteiger charge is -2.36. The van der Waals surface area contributed by atoms with Crippen LogP contribution < -0.4 is 9.64 Å². The maximum atomic E-state index is 14.0. The van der Waals surface area contributed by atoms with Crippen molar-refractivity contribution in [3.8, 4) is 5.75 Å². The molecule has 0 aromatic heterocycles. The van der Waals surface area contributed by atoms with Gasteiger partial charge in [0.1, 0.15) is 23.8 Å². The largest absolute Gasteiger partial charge is 0.492 e. The second-order valence-electron chi connectivity index (χ2n) is 11.8. The summed E-state index contributed by atoms with van der Waals surface area (Å²) < 4.78 is 31.7. The second-order valence-corrected chi connectivity index (χ2v) is 16.6. The van der Waals surface area contributed by atoms with Crippen molar-refractivity contribution in [1.29, 1.82) is 0 Å². The molecule has 2 aromatic carbocycles. The van der Waals surface area contributed by atoms with Gasteiger partial charge in [0.15, 0.2) is 8.32 Å². The molecule has 0 atom stereocenters. The number of imide groups is 1. The number of benzene rings is 2. The van der Waals surface area contributed by atoms with Gasteiger partial charge in [-0.25, -0.2) is 14.0 Å². The molecule has 0 saturated carbocycles. The lowest BCUT2D eigenvalue weighted by atomic mass is 10.1. The Hall–Kier alpha value is -2.91. The van der Waals surface area contributed by atoms with E-state index in [-0.39, 0.29) is 24.7 Å². The molecule has 0 bridgehead atoms. The maximum Gasteiger partial charge on any atom is 0.423 e. The molecular formula is C28H39FN2O5Si. The van der Waals surface area contributed by atoms with Crippen LogP contribution >= 0.6 is 0 Å². The predicted octanol–water partition coefficient (Wildman–Crippen LogP) is 7.10. The van der Waals surface area contributed by atoms with Crippen LogP contribution in [0.25, 0.3) is 0 Å². The van der Waals surface area contributed by atoms with Crippen LogP contribution in [0.3, 0.4) is 0 Å². The Balaban J connectivity index is 1.67. The van der Waals surface area contributed by atoms with Gasteiger partial charge in [-0.3, -0.25) is 0 Å². The van der Waals surface area contributed by atoms with Crippen LogP contribution in [-0.2, 0) is 22.3 Å². The minimum absolute atomic E-state index is 0.122. The molecule has 3 amide bonds. The van der Waals surface area contributed by atoms with Crippen LogP contribution in [0, 0.1) is 5.82 Å². The topological polar surface area (TPSA) is 68.3 Å². The van der Waals surface area contributed by atoms with Crippen LogP contribution in [0.2, 0.25) is 18.1 Å². The van der Waals surface area contributed by atoms with E-state index in [0.717, 1.165) is 10.5 Å². The predicted molar refractivity (Wildman–Crippen MR) is 145 cm³/mol. The second kappa shape index (κ2) is 10.8. The van der Waals surface area contributed by atoms with Gasteiger partial charge in [-0.15, -0.1) is 0 Å². The number of urea groups is 1. The molecule has 0 aliphatic carbocycles. The SMILES string of the molecule is CC(C)(C)OC(=O)N1C(=O)N(CCOc2cccc(CO[Si](C)(C)C(C)(C)C)c2)Cc2cc(F)ccc21. The number of rotatable bonds is 7. The van der Waals surface area contributed by atoms with E-state index in [1.165, 1.54) is 23.1 Å². The number of carbonyl (C=O) groups excluding carboxylic acids is 2. The zero-order valence-corrected chi connectivity index (χ0v) is 24.2. The van der Waals surface area contributed by atoms with Gasteiger partial charge < -0.3 is 18.8 Å². The molecule has 0 fully saturated rings. The summed E-state index contributed by atoms with van der Waals surface area (Å²) in [4.78, 5) is 28.5. The lowest BCUT2D eigenvalue weighted by Crippen LogP contribution is -2.52. The van der Waals surface area contributed by atoms with E-state index in [1.54, 1.807) is 20.8 Å². The summed E-state index contributed by atoms with van der Waals surface area (Å²) in [5.41, 5.74) is 1.07. The maximum absolute atomic E-state index is 14.0. The summed E-state index contributed by atoms with van der Waals surface area (Å²) in [6, 6.07) is 11.1. The first kappa shape index (κ1) is 28.7. The van der Waals surface area contributed by atoms with E-state index >= 15 is 0 Å². The molecule has 9 heteroatoms. The summed E-state index contributed by atoms with van der Waals surface area (Å²) in [5, 5.41) is 0.122. The van der Waals surface area contributed by atoms with E-state index in [1.807, 2.05) is 24.3 Å². The zero-order chi connectivity index (χ0) is 27.6. The average molecular weight is 531 g/mol. The fourth-order valence-corrected chi connectivity index (χ4v) is 4.51. The standard InChI is InChI=1S/C28H39FN2O5Si/c1-27(2,3)36-26(33)31-24-13-12-22(29)17-21(24)18-30(25(31)32)14-15-34-23-11-9-10-20(16-23)19-35-37(7,8)28(4,5)6/h9-13,16-17H,14-15,18-19H2,1-8H3. The summed E-state index contributed by atoms with van der Waals surface area (Å²) in [5.74, 6) is 0.224. The summed E-state index contributed by atoms with van der Waals surface area (Å²) in [7, 11) is -1.88. The van der Waals surface area contributed by atoms with Gasteiger partial charge in [-0.05, 0) is 80.4 Å². The number of anilines is 1. The number of amides is 3. The zero-order valence-electron chi connectivity index (χ0n) is 23.2. The van der Waals surface area contributed by atoms with Gasteiger partial charge in [-0.2, -0.15) is 4.90 Å². The Bertz CT molecular complexity index is 1140. The number of carbonyl (C=O) groups is 2. The van der Waals surface area contributed by atoms with Crippen molar-refractivity contribution in [3.63, 3.8) is 0 Å². The first-order valence-corrected chi connectivity index (χ1v) is 15.4. The number of hydrogen-bond acceptors (Lipinski definition) is 5. The highest BCUT2D eigenvalue weighted by atomic mass is 28.4. The fraction of sp³-hybridized carbons (Fsp3) is 0.500. The van der Waals surface area contributed by atoms with Crippen LogP contribution in [0.15, 0.2) is 42.5 Å². The van der Waals surface area contributed by atoms with Crippen LogP contribution in [0.4, 0.5) is 19.7 Å². The summed E-state index contributed by atoms with van der Waals surface area (Å²) in [6.07, 6.45) is -0.801. The third-order valence-electron chi connectivity index (χ3n) is 6.62. The summed E-state index contributed by atoms with van der Waals surface area (Å²) in [6.45, 7) is 17.3. The minimum atomic E-state index is -1.88. The van der Waals surface area contributed by atoms with Gasteiger partial charge in [0.05, 0.1) is 18.8 Å². The van der Waals surface area contributed by atoms with E-state index in [0.29, 0.717) is 23.6 Å². The van der Waals surface area contributed by atoms with Crippen LogP contribution in [0.5, 0.6) is 5.75 Å². The number of ether oxygens (including phenoxy) is 2. The van der Waals surface area contributed by atoms with E-state index in [9.17, 15) is 14.0 Å². The molecule has 0 spiro atoms. The van der Waals surface area contributed by atoms with Gasteiger partial charge in [0.25, 0.3) is 0 Å². The Morgan fingerprint density at radius 2 is 1.76 bits per heavy atom. The van der Waals surface area contributed by atoms with Crippen molar-refractivity contribution >= 4 is 26.1 Å². The van der Waals surface area contributed by atoms with Gasteiger partial charge in [-0.1, -0.05) is 32.9 Å². The molecule has 1 aliphatic heterocycles. The fourth-order valence-electron chi connectivity index (χ4n) is 3.55. The third-order valence-corrected chi connectivity index (χ3v) is 11.1. The Labute approximate surface area is 220 Å². The molecular weight excluding hydrogens is 491 g/mol. The Morgan fingerprint density at radius 3 is 2.41 bits per heavy atom. The van der Waals surface area contributed by atoms with Gasteiger partial charge >= 0.3 is 12.1 Å². The van der Waals surface area contributed by atoms with Gasteiger partial charge in [0.2, 0.25) is 0 Å². The highest BCUT2D eigenvalue weighted by Gasteiger charge is 2.38. The molecule has 202 valence electrons. The smallest absolute Gasteiger partial charge is 0.423 e. The summed E-state index contributed by atoms with van der Waals surface area (Å²) >= 11 is 0. The third kappa shape index (κ3) is 7.32. The van der Waals surface area contributed by atoms with Crippen molar-refractivity contribution in [3.05, 3.63) is 59.4 Å². The first-order valence-electron chi connectivity index (χ1n) is 12.5. The lowest BCUT2D eigenvalue weighted by molar-refractivity contribution is 0.0577. The first-order chi connectivity index (χ1) is 17.1. The van der Waals surface area contributed by atoms with E-state index < -0.39 is 31.9 Å². The van der Waals surface area contributed by atoms with Crippen molar-refractivity contribution in [2.45, 2.75) is 78.4 Å². The molecule has 0 radical (unpaired) electrons. The normalized spacial score (nSPS) is 14.5.